The van der Waals surface area contributed by atoms with Crippen molar-refractivity contribution in [2.24, 2.45) is 0 Å². The van der Waals surface area contributed by atoms with Crippen LogP contribution in [-0.4, -0.2) is 30.3 Å². The maximum absolute atomic E-state index is 9.47. The van der Waals surface area contributed by atoms with Gasteiger partial charge in [0.2, 0.25) is 0 Å². The van der Waals surface area contributed by atoms with Crippen molar-refractivity contribution in [3.05, 3.63) is 23.8 Å². The second-order valence-electron chi connectivity index (χ2n) is 3.84. The van der Waals surface area contributed by atoms with Crippen molar-refractivity contribution in [1.82, 2.24) is 0 Å². The molecule has 1 unspecified atom stereocenters. The Labute approximate surface area is 99.9 Å². The minimum atomic E-state index is -0.508. The van der Waals surface area contributed by atoms with E-state index < -0.39 is 6.10 Å². The van der Waals surface area contributed by atoms with Crippen LogP contribution in [0.1, 0.15) is 12.0 Å². The predicted molar refractivity (Wildman–Crippen MR) is 62.5 cm³/mol. The molecule has 3 nitrogen and oxygen atoms in total. The molecule has 0 spiro atoms. The molecule has 1 atom stereocenters. The van der Waals surface area contributed by atoms with E-state index in [1.165, 1.54) is 0 Å². The van der Waals surface area contributed by atoms with Crippen molar-refractivity contribution in [3.63, 3.8) is 0 Å². The fourth-order valence-electron chi connectivity index (χ4n) is 1.66. The molecule has 1 N–H and O–H groups in total. The summed E-state index contributed by atoms with van der Waals surface area (Å²) in [5, 5.41) is 9.47. The largest absolute Gasteiger partial charge is 0.490 e. The average Bonchev–Trinajstić information content (AvgIpc) is 2.53. The molecular formula is C12H15ClO3. The quantitative estimate of drug-likeness (QED) is 0.824. The minimum Gasteiger partial charge on any atom is -0.490 e. The van der Waals surface area contributed by atoms with E-state index in [2.05, 4.69) is 0 Å². The molecule has 88 valence electrons. The van der Waals surface area contributed by atoms with Crippen LogP contribution in [-0.2, 0) is 6.42 Å². The first-order valence-electron chi connectivity index (χ1n) is 5.42. The summed E-state index contributed by atoms with van der Waals surface area (Å²) in [5.41, 5.74) is 1.01. The SMILES string of the molecule is OC(CCl)Cc1ccc2c(c1)OCCCO2. The molecule has 0 saturated heterocycles. The van der Waals surface area contributed by atoms with Crippen molar-refractivity contribution in [1.29, 1.82) is 0 Å². The lowest BCUT2D eigenvalue weighted by molar-refractivity contribution is 0.198. The highest BCUT2D eigenvalue weighted by Gasteiger charge is 2.12. The van der Waals surface area contributed by atoms with Gasteiger partial charge in [-0.15, -0.1) is 11.6 Å². The highest BCUT2D eigenvalue weighted by atomic mass is 35.5. The number of benzene rings is 1. The van der Waals surface area contributed by atoms with Crippen LogP contribution >= 0.6 is 11.6 Å². The van der Waals surface area contributed by atoms with Gasteiger partial charge in [0, 0.05) is 12.3 Å². The van der Waals surface area contributed by atoms with Crippen molar-refractivity contribution in [2.75, 3.05) is 19.1 Å². The second kappa shape index (κ2) is 5.41. The van der Waals surface area contributed by atoms with E-state index in [1.54, 1.807) is 0 Å². The van der Waals surface area contributed by atoms with Crippen LogP contribution in [0.4, 0.5) is 0 Å². The minimum absolute atomic E-state index is 0.244. The van der Waals surface area contributed by atoms with Crippen molar-refractivity contribution >= 4 is 11.6 Å². The molecule has 1 aromatic carbocycles. The fraction of sp³-hybridized carbons (Fsp3) is 0.500. The van der Waals surface area contributed by atoms with E-state index in [-0.39, 0.29) is 5.88 Å². The molecule has 1 aromatic rings. The average molecular weight is 243 g/mol. The molecule has 16 heavy (non-hydrogen) atoms. The Hall–Kier alpha value is -0.930. The molecule has 1 heterocycles. The lowest BCUT2D eigenvalue weighted by atomic mass is 10.1. The first kappa shape index (κ1) is 11.6. The summed E-state index contributed by atoms with van der Waals surface area (Å²) in [6.07, 6.45) is 0.931. The molecular weight excluding hydrogens is 228 g/mol. The molecule has 0 saturated carbocycles. The van der Waals surface area contributed by atoms with Crippen LogP contribution in [0.5, 0.6) is 11.5 Å². The number of rotatable bonds is 3. The number of fused-ring (bicyclic) bond motifs is 1. The van der Waals surface area contributed by atoms with Gasteiger partial charge in [-0.05, 0) is 24.1 Å². The molecule has 0 radical (unpaired) electrons. The molecule has 2 rings (SSSR count). The summed E-state index contributed by atoms with van der Waals surface area (Å²) in [4.78, 5) is 0. The standard InChI is InChI=1S/C12H15ClO3/c13-8-10(14)6-9-2-3-11-12(7-9)16-5-1-4-15-11/h2-3,7,10,14H,1,4-6,8H2. The van der Waals surface area contributed by atoms with Gasteiger partial charge in [0.25, 0.3) is 0 Å². The normalized spacial score (nSPS) is 16.6. The van der Waals surface area contributed by atoms with Gasteiger partial charge in [-0.25, -0.2) is 0 Å². The molecule has 0 amide bonds. The second-order valence-corrected chi connectivity index (χ2v) is 4.15. The summed E-state index contributed by atoms with van der Waals surface area (Å²) in [7, 11) is 0. The smallest absolute Gasteiger partial charge is 0.161 e. The Kier molecular flexibility index (Phi) is 3.91. The van der Waals surface area contributed by atoms with Gasteiger partial charge in [0.1, 0.15) is 0 Å². The molecule has 0 fully saturated rings. The maximum atomic E-state index is 9.47. The van der Waals surface area contributed by atoms with Crippen LogP contribution in [0.25, 0.3) is 0 Å². The number of ether oxygens (including phenoxy) is 2. The van der Waals surface area contributed by atoms with Gasteiger partial charge in [-0.2, -0.15) is 0 Å². The van der Waals surface area contributed by atoms with Crippen LogP contribution in [0, 0.1) is 0 Å². The van der Waals surface area contributed by atoms with Crippen LogP contribution < -0.4 is 9.47 Å². The molecule has 0 bridgehead atoms. The lowest BCUT2D eigenvalue weighted by Crippen LogP contribution is -2.11. The van der Waals surface area contributed by atoms with E-state index in [9.17, 15) is 5.11 Å². The van der Waals surface area contributed by atoms with E-state index in [0.29, 0.717) is 19.6 Å². The van der Waals surface area contributed by atoms with Crippen LogP contribution in [0.15, 0.2) is 18.2 Å². The summed E-state index contributed by atoms with van der Waals surface area (Å²) in [6, 6.07) is 5.73. The number of aliphatic hydroxyl groups excluding tert-OH is 1. The van der Waals surface area contributed by atoms with Crippen molar-refractivity contribution < 1.29 is 14.6 Å². The van der Waals surface area contributed by atoms with Crippen LogP contribution in [0.2, 0.25) is 0 Å². The molecule has 4 heteroatoms. The van der Waals surface area contributed by atoms with Crippen LogP contribution in [0.3, 0.4) is 0 Å². The number of aliphatic hydroxyl groups is 1. The Morgan fingerprint density at radius 1 is 1.25 bits per heavy atom. The van der Waals surface area contributed by atoms with Gasteiger partial charge in [-0.3, -0.25) is 0 Å². The third-order valence-electron chi connectivity index (χ3n) is 2.46. The van der Waals surface area contributed by atoms with Gasteiger partial charge in [0.15, 0.2) is 11.5 Å². The lowest BCUT2D eigenvalue weighted by Gasteiger charge is -2.11. The Morgan fingerprint density at radius 2 is 2.00 bits per heavy atom. The van der Waals surface area contributed by atoms with E-state index in [1.807, 2.05) is 18.2 Å². The molecule has 0 aliphatic carbocycles. The number of alkyl halides is 1. The zero-order valence-electron chi connectivity index (χ0n) is 8.99. The first-order chi connectivity index (χ1) is 7.79. The predicted octanol–water partition coefficient (Wildman–Crippen LogP) is 1.99. The zero-order valence-corrected chi connectivity index (χ0v) is 9.74. The molecule has 1 aliphatic heterocycles. The highest BCUT2D eigenvalue weighted by Crippen LogP contribution is 2.30. The van der Waals surface area contributed by atoms with E-state index in [0.717, 1.165) is 23.5 Å². The molecule has 1 aliphatic rings. The molecule has 0 aromatic heterocycles. The zero-order chi connectivity index (χ0) is 11.4. The van der Waals surface area contributed by atoms with Crippen molar-refractivity contribution in [2.45, 2.75) is 18.9 Å². The van der Waals surface area contributed by atoms with Crippen molar-refractivity contribution in [3.8, 4) is 11.5 Å². The summed E-state index contributed by atoms with van der Waals surface area (Å²) >= 11 is 5.57. The van der Waals surface area contributed by atoms with E-state index in [4.69, 9.17) is 21.1 Å². The van der Waals surface area contributed by atoms with E-state index >= 15 is 0 Å². The third kappa shape index (κ3) is 2.80. The Morgan fingerprint density at radius 3 is 2.75 bits per heavy atom. The van der Waals surface area contributed by atoms with Gasteiger partial charge in [0.05, 0.1) is 19.3 Å². The Balaban J connectivity index is 2.14. The number of hydrogen-bond acceptors (Lipinski definition) is 3. The summed E-state index contributed by atoms with van der Waals surface area (Å²) in [6.45, 7) is 1.37. The third-order valence-corrected chi connectivity index (χ3v) is 2.82. The maximum Gasteiger partial charge on any atom is 0.161 e. The number of halogens is 1. The topological polar surface area (TPSA) is 38.7 Å². The fourth-order valence-corrected chi connectivity index (χ4v) is 1.77. The summed E-state index contributed by atoms with van der Waals surface area (Å²) in [5.74, 6) is 1.78. The summed E-state index contributed by atoms with van der Waals surface area (Å²) < 4.78 is 11.1. The Bertz CT molecular complexity index is 354. The van der Waals surface area contributed by atoms with Gasteiger partial charge < -0.3 is 14.6 Å². The van der Waals surface area contributed by atoms with Gasteiger partial charge >= 0.3 is 0 Å². The first-order valence-corrected chi connectivity index (χ1v) is 5.95. The highest BCUT2D eigenvalue weighted by molar-refractivity contribution is 6.18. The number of hydrogen-bond donors (Lipinski definition) is 1. The monoisotopic (exact) mass is 242 g/mol. The van der Waals surface area contributed by atoms with Gasteiger partial charge in [-0.1, -0.05) is 6.07 Å².